The maximum absolute atomic E-state index is 14.8. The molecule has 2 heterocycles. The van der Waals surface area contributed by atoms with Gasteiger partial charge in [0.15, 0.2) is 11.4 Å². The third-order valence-electron chi connectivity index (χ3n) is 4.34. The number of aromatic nitrogens is 5. The maximum Gasteiger partial charge on any atom is 0.496 e. The van der Waals surface area contributed by atoms with Gasteiger partial charge in [0.2, 0.25) is 0 Å². The van der Waals surface area contributed by atoms with Gasteiger partial charge >= 0.3 is 7.82 Å². The van der Waals surface area contributed by atoms with E-state index < -0.39 is 48.9 Å². The molecule has 0 aliphatic carbocycles. The molecule has 0 aliphatic heterocycles. The summed E-state index contributed by atoms with van der Waals surface area (Å²) in [7, 11) is -5.23. The first kappa shape index (κ1) is 22.0. The van der Waals surface area contributed by atoms with Crippen LogP contribution in [0.5, 0.6) is 0 Å². The van der Waals surface area contributed by atoms with E-state index in [0.29, 0.717) is 6.07 Å². The zero-order valence-corrected chi connectivity index (χ0v) is 16.2. The molecular formula is C16H15F3N5O5P. The van der Waals surface area contributed by atoms with Crippen LogP contribution >= 0.6 is 7.82 Å². The van der Waals surface area contributed by atoms with Crippen molar-refractivity contribution in [1.29, 1.82) is 0 Å². The summed E-state index contributed by atoms with van der Waals surface area (Å²) in [4.78, 5) is 34.5. The van der Waals surface area contributed by atoms with Crippen LogP contribution in [0.4, 0.5) is 13.2 Å². The van der Waals surface area contributed by atoms with Gasteiger partial charge in [-0.25, -0.2) is 42.3 Å². The maximum atomic E-state index is 14.8. The summed E-state index contributed by atoms with van der Waals surface area (Å²) in [6.07, 6.45) is 4.23. The lowest BCUT2D eigenvalue weighted by Crippen LogP contribution is -2.41. The third-order valence-corrected chi connectivity index (χ3v) is 4.61. The second-order valence-corrected chi connectivity index (χ2v) is 7.36. The van der Waals surface area contributed by atoms with Crippen molar-refractivity contribution in [1.82, 2.24) is 24.7 Å². The second-order valence-electron chi connectivity index (χ2n) is 6.23. The first-order valence-corrected chi connectivity index (χ1v) is 9.82. The van der Waals surface area contributed by atoms with Crippen LogP contribution < -0.4 is 0 Å². The smallest absolute Gasteiger partial charge is 0.301 e. The predicted molar refractivity (Wildman–Crippen MR) is 92.7 cm³/mol. The van der Waals surface area contributed by atoms with Crippen molar-refractivity contribution in [3.8, 4) is 0 Å². The molecule has 14 heteroatoms. The van der Waals surface area contributed by atoms with Crippen molar-refractivity contribution in [2.75, 3.05) is 0 Å². The van der Waals surface area contributed by atoms with Gasteiger partial charge in [0.1, 0.15) is 30.6 Å². The summed E-state index contributed by atoms with van der Waals surface area (Å²) in [5.41, 5.74) is -2.83. The molecule has 30 heavy (non-hydrogen) atoms. The molecule has 0 bridgehead atoms. The summed E-state index contributed by atoms with van der Waals surface area (Å²) < 4.78 is 59.5. The van der Waals surface area contributed by atoms with Gasteiger partial charge in [-0.1, -0.05) is 13.0 Å². The Bertz CT molecular complexity index is 1070. The van der Waals surface area contributed by atoms with E-state index in [-0.39, 0.29) is 5.69 Å². The summed E-state index contributed by atoms with van der Waals surface area (Å²) in [5, 5.41) is 3.87. The standard InChI is InChI=1S/C16H15F3N5O5P/c1-10(15-14(19)5-20-7-22-15)16(28-29-30(25,26)27,6-24-9-21-8-23-24)12-3-2-11(17)4-13(12)18/h2-5,7-10H,6H2,1H3,(H2,25,26,27)/t10-,16+/m0/s1. The highest BCUT2D eigenvalue weighted by Gasteiger charge is 2.47. The van der Waals surface area contributed by atoms with Crippen molar-refractivity contribution in [3.63, 3.8) is 0 Å². The van der Waals surface area contributed by atoms with E-state index in [1.165, 1.54) is 13.3 Å². The monoisotopic (exact) mass is 445 g/mol. The Kier molecular flexibility index (Phi) is 6.29. The Morgan fingerprint density at radius 1 is 1.20 bits per heavy atom. The van der Waals surface area contributed by atoms with Gasteiger partial charge in [0.05, 0.1) is 18.4 Å². The highest BCUT2D eigenvalue weighted by Crippen LogP contribution is 2.47. The Labute approximate surface area is 167 Å². The van der Waals surface area contributed by atoms with Gasteiger partial charge in [-0.2, -0.15) is 5.10 Å². The van der Waals surface area contributed by atoms with Crippen molar-refractivity contribution < 1.29 is 37.1 Å². The molecule has 0 fully saturated rings. The van der Waals surface area contributed by atoms with Gasteiger partial charge in [-0.15, -0.1) is 4.67 Å². The molecule has 0 saturated heterocycles. The van der Waals surface area contributed by atoms with Crippen molar-refractivity contribution in [2.24, 2.45) is 0 Å². The molecule has 0 radical (unpaired) electrons. The molecule has 2 atom stereocenters. The van der Waals surface area contributed by atoms with Gasteiger partial charge in [-0.3, -0.25) is 0 Å². The molecule has 0 unspecified atom stereocenters. The Hall–Kier alpha value is -2.70. The Morgan fingerprint density at radius 3 is 2.57 bits per heavy atom. The van der Waals surface area contributed by atoms with E-state index in [2.05, 4.69) is 24.7 Å². The van der Waals surface area contributed by atoms with Gasteiger partial charge in [-0.05, 0) is 6.07 Å². The van der Waals surface area contributed by atoms with Crippen LogP contribution in [0, 0.1) is 17.5 Å². The summed E-state index contributed by atoms with van der Waals surface area (Å²) in [5.74, 6) is -4.18. The SMILES string of the molecule is C[C@@H](c1ncncc1F)[C@@](Cn1cncn1)(OOP(=O)(O)O)c1ccc(F)cc1F. The lowest BCUT2D eigenvalue weighted by atomic mass is 9.79. The molecule has 160 valence electrons. The molecule has 1 aromatic carbocycles. The van der Waals surface area contributed by atoms with Crippen LogP contribution in [0.15, 0.2) is 43.4 Å². The molecule has 0 spiro atoms. The van der Waals surface area contributed by atoms with Crippen LogP contribution in [-0.4, -0.2) is 34.5 Å². The quantitative estimate of drug-likeness (QED) is 0.304. The average Bonchev–Trinajstić information content (AvgIpc) is 3.17. The predicted octanol–water partition coefficient (Wildman–Crippen LogP) is 2.23. The summed E-state index contributed by atoms with van der Waals surface area (Å²) in [6.45, 7) is 0.897. The minimum Gasteiger partial charge on any atom is -0.301 e. The molecule has 3 aromatic rings. The molecule has 10 nitrogen and oxygen atoms in total. The van der Waals surface area contributed by atoms with E-state index in [9.17, 15) is 17.7 Å². The van der Waals surface area contributed by atoms with Crippen LogP contribution in [0.25, 0.3) is 0 Å². The second kappa shape index (κ2) is 8.58. The van der Waals surface area contributed by atoms with Crippen LogP contribution in [0.3, 0.4) is 0 Å². The zero-order valence-electron chi connectivity index (χ0n) is 15.3. The topological polar surface area (TPSA) is 132 Å². The first-order valence-electron chi connectivity index (χ1n) is 8.29. The lowest BCUT2D eigenvalue weighted by molar-refractivity contribution is -0.321. The van der Waals surface area contributed by atoms with E-state index in [0.717, 1.165) is 35.7 Å². The van der Waals surface area contributed by atoms with Gasteiger partial charge in [0, 0.05) is 17.5 Å². The largest absolute Gasteiger partial charge is 0.496 e. The number of rotatable bonds is 8. The molecule has 2 aromatic heterocycles. The highest BCUT2D eigenvalue weighted by molar-refractivity contribution is 7.46. The summed E-state index contributed by atoms with van der Waals surface area (Å²) >= 11 is 0. The van der Waals surface area contributed by atoms with E-state index in [4.69, 9.17) is 14.7 Å². The van der Waals surface area contributed by atoms with E-state index in [1.54, 1.807) is 0 Å². The first-order chi connectivity index (χ1) is 14.1. The molecule has 0 saturated carbocycles. The fraction of sp³-hybridized carbons (Fsp3) is 0.250. The van der Waals surface area contributed by atoms with Gasteiger partial charge < -0.3 is 9.79 Å². The fourth-order valence-corrected chi connectivity index (χ4v) is 3.19. The Morgan fingerprint density at radius 2 is 1.97 bits per heavy atom. The fourth-order valence-electron chi connectivity index (χ4n) is 2.96. The van der Waals surface area contributed by atoms with Crippen LogP contribution in [-0.2, 0) is 26.3 Å². The van der Waals surface area contributed by atoms with Crippen molar-refractivity contribution in [3.05, 3.63) is 72.1 Å². The Balaban J connectivity index is 2.24. The minimum absolute atomic E-state index is 0.275. The van der Waals surface area contributed by atoms with E-state index >= 15 is 0 Å². The number of phosphoric acid groups is 1. The highest BCUT2D eigenvalue weighted by atomic mass is 31.2. The number of halogens is 3. The normalized spacial score (nSPS) is 15.0. The molecule has 0 amide bonds. The summed E-state index contributed by atoms with van der Waals surface area (Å²) in [6, 6.07) is 2.42. The van der Waals surface area contributed by atoms with Gasteiger partial charge in [0.25, 0.3) is 0 Å². The minimum atomic E-state index is -5.23. The number of hydrogen-bond donors (Lipinski definition) is 2. The molecule has 3 rings (SSSR count). The van der Waals surface area contributed by atoms with Crippen LogP contribution in [0.2, 0.25) is 0 Å². The van der Waals surface area contributed by atoms with Crippen LogP contribution in [0.1, 0.15) is 24.1 Å². The lowest BCUT2D eigenvalue weighted by Gasteiger charge is -2.37. The molecule has 2 N–H and O–H groups in total. The number of hydrogen-bond acceptors (Lipinski definition) is 7. The number of nitrogens with zero attached hydrogens (tertiary/aromatic N) is 5. The molecular weight excluding hydrogens is 430 g/mol. The third kappa shape index (κ3) is 4.71. The van der Waals surface area contributed by atoms with Crippen molar-refractivity contribution in [2.45, 2.75) is 25.0 Å². The zero-order chi connectivity index (χ0) is 21.9. The molecule has 0 aliphatic rings. The van der Waals surface area contributed by atoms with E-state index in [1.807, 2.05) is 0 Å². The average molecular weight is 445 g/mol. The number of benzene rings is 1. The van der Waals surface area contributed by atoms with Crippen molar-refractivity contribution >= 4 is 7.82 Å².